The van der Waals surface area contributed by atoms with Gasteiger partial charge in [0.1, 0.15) is 17.5 Å². The number of aryl methyl sites for hydroxylation is 1. The molecule has 8 heteroatoms. The predicted octanol–water partition coefficient (Wildman–Crippen LogP) is 5.82. The fraction of sp³-hybridized carbons (Fsp3) is 0.310. The first-order valence-corrected chi connectivity index (χ1v) is 13.1. The summed E-state index contributed by atoms with van der Waals surface area (Å²) in [6, 6.07) is 14.1. The second-order valence-corrected chi connectivity index (χ2v) is 9.94. The molecule has 192 valence electrons. The van der Waals surface area contributed by atoms with Gasteiger partial charge in [-0.1, -0.05) is 59.6 Å². The third-order valence-corrected chi connectivity index (χ3v) is 7.43. The van der Waals surface area contributed by atoms with Crippen molar-refractivity contribution in [2.24, 2.45) is 0 Å². The standard InChI is InChI=1S/C29H27Cl2NO5/c1-35-29(34)24(32-28(33)25-22(30)10-3-11-23(25)31)16-18-12-13-21(27-19(18)9-5-15-37-27)20-8-2-6-17-7-4-14-36-26(17)20/h2-3,6,8,10-13,24H,4-5,7,9,14-16H2,1H3,(H,32,33)/t24-/m0/s1. The minimum absolute atomic E-state index is 0.120. The summed E-state index contributed by atoms with van der Waals surface area (Å²) in [5, 5.41) is 3.18. The Morgan fingerprint density at radius 3 is 2.35 bits per heavy atom. The number of hydrogen-bond donors (Lipinski definition) is 1. The van der Waals surface area contributed by atoms with E-state index in [1.807, 2.05) is 12.1 Å². The van der Waals surface area contributed by atoms with Crippen LogP contribution in [-0.4, -0.2) is 38.2 Å². The fourth-order valence-electron chi connectivity index (χ4n) is 5.04. The molecule has 5 rings (SSSR count). The van der Waals surface area contributed by atoms with Gasteiger partial charge in [-0.2, -0.15) is 0 Å². The SMILES string of the molecule is COC(=O)[C@H](Cc1ccc(-c2cccc3c2OCCC3)c2c1CCCO2)NC(=O)c1c(Cl)cccc1Cl. The minimum atomic E-state index is -0.936. The van der Waals surface area contributed by atoms with Crippen LogP contribution in [0.15, 0.2) is 48.5 Å². The molecule has 0 fully saturated rings. The smallest absolute Gasteiger partial charge is 0.328 e. The number of ether oxygens (including phenoxy) is 3. The van der Waals surface area contributed by atoms with Crippen LogP contribution >= 0.6 is 23.2 Å². The van der Waals surface area contributed by atoms with Gasteiger partial charge in [-0.3, -0.25) is 4.79 Å². The first kappa shape index (κ1) is 25.4. The Morgan fingerprint density at radius 2 is 1.59 bits per heavy atom. The van der Waals surface area contributed by atoms with Gasteiger partial charge in [-0.15, -0.1) is 0 Å². The van der Waals surface area contributed by atoms with Crippen molar-refractivity contribution in [1.82, 2.24) is 5.32 Å². The minimum Gasteiger partial charge on any atom is -0.493 e. The largest absolute Gasteiger partial charge is 0.493 e. The van der Waals surface area contributed by atoms with Crippen LogP contribution in [0.3, 0.4) is 0 Å². The molecule has 0 saturated heterocycles. The highest BCUT2D eigenvalue weighted by molar-refractivity contribution is 6.39. The second kappa shape index (κ2) is 11.0. The van der Waals surface area contributed by atoms with E-state index < -0.39 is 17.9 Å². The Labute approximate surface area is 225 Å². The van der Waals surface area contributed by atoms with E-state index in [0.717, 1.165) is 59.4 Å². The molecule has 0 aliphatic carbocycles. The zero-order chi connectivity index (χ0) is 25.9. The van der Waals surface area contributed by atoms with E-state index in [9.17, 15) is 9.59 Å². The van der Waals surface area contributed by atoms with Crippen LogP contribution in [0.1, 0.15) is 39.9 Å². The lowest BCUT2D eigenvalue weighted by Crippen LogP contribution is -2.43. The zero-order valence-corrected chi connectivity index (χ0v) is 22.0. The summed E-state index contributed by atoms with van der Waals surface area (Å²) in [5.74, 6) is 0.613. The third-order valence-electron chi connectivity index (χ3n) is 6.80. The predicted molar refractivity (Wildman–Crippen MR) is 143 cm³/mol. The lowest BCUT2D eigenvalue weighted by molar-refractivity contribution is -0.142. The molecule has 0 saturated carbocycles. The quantitative estimate of drug-likeness (QED) is 0.399. The summed E-state index contributed by atoms with van der Waals surface area (Å²) in [7, 11) is 1.30. The van der Waals surface area contributed by atoms with E-state index in [0.29, 0.717) is 13.2 Å². The van der Waals surface area contributed by atoms with Gasteiger partial charge in [0, 0.05) is 17.5 Å². The number of carbonyl (C=O) groups is 2. The number of benzene rings is 3. The summed E-state index contributed by atoms with van der Waals surface area (Å²) in [6.45, 7) is 1.31. The number of methoxy groups -OCH3 is 1. The van der Waals surface area contributed by atoms with E-state index in [2.05, 4.69) is 23.5 Å². The summed E-state index contributed by atoms with van der Waals surface area (Å²) < 4.78 is 17.3. The molecule has 0 unspecified atom stereocenters. The molecule has 2 aliphatic heterocycles. The van der Waals surface area contributed by atoms with E-state index in [-0.39, 0.29) is 22.0 Å². The van der Waals surface area contributed by atoms with Crippen molar-refractivity contribution in [2.45, 2.75) is 38.1 Å². The number of nitrogens with one attached hydrogen (secondary N) is 1. The van der Waals surface area contributed by atoms with Gasteiger partial charge in [0.15, 0.2) is 0 Å². The van der Waals surface area contributed by atoms with E-state index in [1.165, 1.54) is 12.7 Å². The van der Waals surface area contributed by atoms with Crippen LogP contribution < -0.4 is 14.8 Å². The Hall–Kier alpha value is -3.22. The molecule has 6 nitrogen and oxygen atoms in total. The van der Waals surface area contributed by atoms with Gasteiger partial charge in [-0.25, -0.2) is 4.79 Å². The van der Waals surface area contributed by atoms with Crippen LogP contribution in [-0.2, 0) is 28.8 Å². The Kier molecular flexibility index (Phi) is 7.58. The van der Waals surface area contributed by atoms with Crippen molar-refractivity contribution >= 4 is 35.1 Å². The van der Waals surface area contributed by atoms with Gasteiger partial charge in [0.2, 0.25) is 0 Å². The number of rotatable bonds is 6. The van der Waals surface area contributed by atoms with Gasteiger partial charge in [0.25, 0.3) is 5.91 Å². The highest BCUT2D eigenvalue weighted by Gasteiger charge is 2.29. The maximum atomic E-state index is 13.0. The molecule has 2 aliphatic rings. The molecule has 0 bridgehead atoms. The molecule has 1 atom stereocenters. The summed E-state index contributed by atoms with van der Waals surface area (Å²) in [4.78, 5) is 25.8. The number of amides is 1. The summed E-state index contributed by atoms with van der Waals surface area (Å²) in [6.07, 6.45) is 3.88. The Bertz CT molecular complexity index is 1340. The Balaban J connectivity index is 1.49. The van der Waals surface area contributed by atoms with Crippen molar-refractivity contribution in [3.63, 3.8) is 0 Å². The molecule has 1 N–H and O–H groups in total. The van der Waals surface area contributed by atoms with Gasteiger partial charge in [0.05, 0.1) is 35.9 Å². The monoisotopic (exact) mass is 539 g/mol. The normalized spacial score (nSPS) is 14.9. The van der Waals surface area contributed by atoms with E-state index in [1.54, 1.807) is 18.2 Å². The van der Waals surface area contributed by atoms with Gasteiger partial charge >= 0.3 is 5.97 Å². The van der Waals surface area contributed by atoms with Crippen LogP contribution in [0, 0.1) is 0 Å². The van der Waals surface area contributed by atoms with Crippen LogP contribution in [0.4, 0.5) is 0 Å². The zero-order valence-electron chi connectivity index (χ0n) is 20.4. The topological polar surface area (TPSA) is 73.9 Å². The van der Waals surface area contributed by atoms with Crippen LogP contribution in [0.2, 0.25) is 10.0 Å². The van der Waals surface area contributed by atoms with E-state index >= 15 is 0 Å². The number of para-hydroxylation sites is 1. The van der Waals surface area contributed by atoms with Crippen LogP contribution in [0.25, 0.3) is 11.1 Å². The van der Waals surface area contributed by atoms with Crippen molar-refractivity contribution in [3.8, 4) is 22.6 Å². The molecule has 2 heterocycles. The highest BCUT2D eigenvalue weighted by atomic mass is 35.5. The number of esters is 1. The maximum absolute atomic E-state index is 13.0. The number of carbonyl (C=O) groups excluding carboxylic acids is 2. The van der Waals surface area contributed by atoms with Crippen molar-refractivity contribution in [2.75, 3.05) is 20.3 Å². The summed E-state index contributed by atoms with van der Waals surface area (Å²) >= 11 is 12.4. The molecule has 0 aromatic heterocycles. The molecular formula is C29H27Cl2NO5. The fourth-order valence-corrected chi connectivity index (χ4v) is 5.60. The van der Waals surface area contributed by atoms with Crippen molar-refractivity contribution in [1.29, 1.82) is 0 Å². The number of halogens is 2. The number of fused-ring (bicyclic) bond motifs is 2. The third kappa shape index (κ3) is 5.13. The summed E-state index contributed by atoms with van der Waals surface area (Å²) in [5.41, 5.74) is 5.23. The van der Waals surface area contributed by atoms with Crippen molar-refractivity contribution < 1.29 is 23.8 Å². The maximum Gasteiger partial charge on any atom is 0.328 e. The molecule has 0 spiro atoms. The first-order valence-electron chi connectivity index (χ1n) is 12.3. The van der Waals surface area contributed by atoms with Gasteiger partial charge in [-0.05, 0) is 54.5 Å². The highest BCUT2D eigenvalue weighted by Crippen LogP contribution is 2.44. The molecule has 0 radical (unpaired) electrons. The first-order chi connectivity index (χ1) is 18.0. The lowest BCUT2D eigenvalue weighted by atomic mass is 9.89. The molecule has 3 aromatic carbocycles. The second-order valence-electron chi connectivity index (χ2n) is 9.13. The van der Waals surface area contributed by atoms with Crippen molar-refractivity contribution in [3.05, 3.63) is 80.8 Å². The molecule has 1 amide bonds. The Morgan fingerprint density at radius 1 is 0.919 bits per heavy atom. The number of hydrogen-bond acceptors (Lipinski definition) is 5. The van der Waals surface area contributed by atoms with Crippen LogP contribution in [0.5, 0.6) is 11.5 Å². The molecular weight excluding hydrogens is 513 g/mol. The average Bonchev–Trinajstić information content (AvgIpc) is 2.92. The van der Waals surface area contributed by atoms with E-state index in [4.69, 9.17) is 37.4 Å². The molecule has 3 aromatic rings. The molecule has 37 heavy (non-hydrogen) atoms. The lowest BCUT2D eigenvalue weighted by Gasteiger charge is -2.27. The van der Waals surface area contributed by atoms with Gasteiger partial charge < -0.3 is 19.5 Å². The average molecular weight is 540 g/mol.